The van der Waals surface area contributed by atoms with Crippen LogP contribution in [0.1, 0.15) is 32.1 Å². The van der Waals surface area contributed by atoms with Gasteiger partial charge in [-0.3, -0.25) is 9.69 Å². The molecule has 2 bridgehead atoms. The lowest BCUT2D eigenvalue weighted by molar-refractivity contribution is -0.161. The summed E-state index contributed by atoms with van der Waals surface area (Å²) in [5.41, 5.74) is 1.00. The smallest absolute Gasteiger partial charge is 0.350 e. The minimum atomic E-state index is -4.20. The molecular formula is C22H23ClF4N4O. The number of hydrogen-bond acceptors (Lipinski definition) is 3. The van der Waals surface area contributed by atoms with E-state index in [4.69, 9.17) is 11.6 Å². The minimum Gasteiger partial charge on any atom is -0.350 e. The molecule has 10 heteroatoms. The van der Waals surface area contributed by atoms with E-state index in [1.54, 1.807) is 12.4 Å². The van der Waals surface area contributed by atoms with Crippen LogP contribution in [-0.4, -0.2) is 51.7 Å². The van der Waals surface area contributed by atoms with Crippen molar-refractivity contribution in [3.63, 3.8) is 0 Å². The van der Waals surface area contributed by atoms with Gasteiger partial charge in [0.1, 0.15) is 5.82 Å². The number of amides is 1. The molecule has 4 aliphatic rings. The maximum Gasteiger partial charge on any atom is 0.401 e. The van der Waals surface area contributed by atoms with Crippen LogP contribution in [0.5, 0.6) is 0 Å². The summed E-state index contributed by atoms with van der Waals surface area (Å²) >= 11 is 5.75. The lowest BCUT2D eigenvalue weighted by atomic mass is 9.44. The summed E-state index contributed by atoms with van der Waals surface area (Å²) in [5, 5.41) is 3.23. The normalized spacial score (nSPS) is 28.2. The number of nitrogens with zero attached hydrogens (tertiary/aromatic N) is 3. The van der Waals surface area contributed by atoms with E-state index in [9.17, 15) is 22.4 Å². The molecule has 0 spiro atoms. The highest BCUT2D eigenvalue weighted by molar-refractivity contribution is 6.30. The summed E-state index contributed by atoms with van der Waals surface area (Å²) in [7, 11) is 0. The van der Waals surface area contributed by atoms with Crippen LogP contribution in [-0.2, 0) is 10.3 Å². The first-order chi connectivity index (χ1) is 15.1. The monoisotopic (exact) mass is 470 g/mol. The zero-order valence-electron chi connectivity index (χ0n) is 17.3. The number of imidazole rings is 1. The van der Waals surface area contributed by atoms with Crippen LogP contribution in [0.25, 0.3) is 11.3 Å². The Bertz CT molecular complexity index is 1030. The lowest BCUT2D eigenvalue weighted by Gasteiger charge is -2.70. The number of carbonyl (C=O) groups is 1. The molecule has 0 radical (unpaired) electrons. The van der Waals surface area contributed by atoms with Crippen molar-refractivity contribution in [1.29, 1.82) is 0 Å². The van der Waals surface area contributed by atoms with Gasteiger partial charge < -0.3 is 9.88 Å². The number of nitrogens with one attached hydrogen (secondary N) is 1. The van der Waals surface area contributed by atoms with E-state index in [-0.39, 0.29) is 41.0 Å². The fraction of sp³-hybridized carbons (Fsp3) is 0.545. The van der Waals surface area contributed by atoms with Gasteiger partial charge in [-0.25, -0.2) is 9.37 Å². The highest BCUT2D eigenvalue weighted by Gasteiger charge is 2.69. The van der Waals surface area contributed by atoms with Crippen molar-refractivity contribution in [2.75, 3.05) is 19.6 Å². The Balaban J connectivity index is 1.14. The molecule has 6 rings (SSSR count). The maximum atomic E-state index is 13.8. The molecular weight excluding hydrogens is 448 g/mol. The standard InChI is InChI=1S/C22H23ClF4N4O/c23-16-2-1-15(7-17(16)24)18-8-31(13-28-18)21-9-20(10-21,11-21)29-19(32)14-3-5-30(6-4-14)12-22(25,26)27/h1-2,7-8,13-14H,3-6,9-12H2,(H,29,32). The van der Waals surface area contributed by atoms with Crippen molar-refractivity contribution in [2.45, 2.75) is 49.4 Å². The van der Waals surface area contributed by atoms with Gasteiger partial charge in [-0.1, -0.05) is 17.7 Å². The average molecular weight is 471 g/mol. The third-order valence-electron chi connectivity index (χ3n) is 7.10. The molecule has 1 aromatic carbocycles. The summed E-state index contributed by atoms with van der Waals surface area (Å²) in [6.07, 6.45) is 2.71. The minimum absolute atomic E-state index is 0.0482. The zero-order valence-corrected chi connectivity index (χ0v) is 18.0. The summed E-state index contributed by atoms with van der Waals surface area (Å²) < 4.78 is 53.4. The summed E-state index contributed by atoms with van der Waals surface area (Å²) in [6.45, 7) is -0.335. The van der Waals surface area contributed by atoms with E-state index in [0.717, 1.165) is 19.3 Å². The van der Waals surface area contributed by atoms with Crippen LogP contribution in [0.3, 0.4) is 0 Å². The van der Waals surface area contributed by atoms with Gasteiger partial charge in [-0.2, -0.15) is 13.2 Å². The topological polar surface area (TPSA) is 50.2 Å². The molecule has 1 amide bonds. The molecule has 1 aromatic heterocycles. The predicted octanol–water partition coefficient (Wildman–Crippen LogP) is 4.36. The first-order valence-electron chi connectivity index (χ1n) is 10.7. The van der Waals surface area contributed by atoms with Crippen molar-refractivity contribution in [3.8, 4) is 11.3 Å². The Kier molecular flexibility index (Phi) is 5.05. The summed E-state index contributed by atoms with van der Waals surface area (Å²) in [4.78, 5) is 18.5. The number of halogens is 5. The molecule has 5 nitrogen and oxygen atoms in total. The van der Waals surface area contributed by atoms with E-state index in [1.165, 1.54) is 17.0 Å². The zero-order chi connectivity index (χ0) is 22.7. The average Bonchev–Trinajstić information content (AvgIpc) is 3.14. The fourth-order valence-corrected chi connectivity index (χ4v) is 5.62. The summed E-state index contributed by atoms with van der Waals surface area (Å²) in [6, 6.07) is 4.59. The second kappa shape index (κ2) is 7.45. The molecule has 3 saturated carbocycles. The molecule has 32 heavy (non-hydrogen) atoms. The van der Waals surface area contributed by atoms with Gasteiger partial charge in [0.25, 0.3) is 0 Å². The van der Waals surface area contributed by atoms with Crippen molar-refractivity contribution in [3.05, 3.63) is 41.6 Å². The van der Waals surface area contributed by atoms with Gasteiger partial charge in [-0.05, 0) is 57.3 Å². The number of carbonyl (C=O) groups excluding carboxylic acids is 1. The number of hydrogen-bond donors (Lipinski definition) is 1. The molecule has 1 saturated heterocycles. The van der Waals surface area contributed by atoms with E-state index in [0.29, 0.717) is 24.1 Å². The molecule has 2 heterocycles. The van der Waals surface area contributed by atoms with Gasteiger partial charge in [-0.15, -0.1) is 0 Å². The van der Waals surface area contributed by atoms with Crippen molar-refractivity contribution in [2.24, 2.45) is 5.92 Å². The van der Waals surface area contributed by atoms with Crippen LogP contribution in [0.15, 0.2) is 30.7 Å². The fourth-order valence-electron chi connectivity index (χ4n) is 5.50. The Morgan fingerprint density at radius 2 is 1.91 bits per heavy atom. The quantitative estimate of drug-likeness (QED) is 0.660. The lowest BCUT2D eigenvalue weighted by Crippen LogP contribution is -2.79. The molecule has 0 unspecified atom stereocenters. The largest absolute Gasteiger partial charge is 0.401 e. The number of piperidine rings is 1. The highest BCUT2D eigenvalue weighted by Crippen LogP contribution is 2.65. The van der Waals surface area contributed by atoms with E-state index >= 15 is 0 Å². The third-order valence-corrected chi connectivity index (χ3v) is 7.40. The second-order valence-electron chi connectivity index (χ2n) is 9.48. The van der Waals surface area contributed by atoms with Crippen LogP contribution in [0, 0.1) is 11.7 Å². The van der Waals surface area contributed by atoms with Crippen molar-refractivity contribution < 1.29 is 22.4 Å². The van der Waals surface area contributed by atoms with E-state index in [2.05, 4.69) is 10.3 Å². The van der Waals surface area contributed by atoms with Crippen LogP contribution in [0.2, 0.25) is 5.02 Å². The van der Waals surface area contributed by atoms with Crippen molar-refractivity contribution >= 4 is 17.5 Å². The van der Waals surface area contributed by atoms with Gasteiger partial charge >= 0.3 is 6.18 Å². The molecule has 1 aliphatic heterocycles. The number of aromatic nitrogens is 2. The van der Waals surface area contributed by atoms with E-state index in [1.807, 2.05) is 10.8 Å². The third kappa shape index (κ3) is 3.90. The Labute approximate surface area is 187 Å². The molecule has 2 aromatic rings. The molecule has 0 atom stereocenters. The van der Waals surface area contributed by atoms with Crippen LogP contribution >= 0.6 is 11.6 Å². The molecule has 1 N–H and O–H groups in total. The van der Waals surface area contributed by atoms with Gasteiger partial charge in [0.2, 0.25) is 5.91 Å². The Morgan fingerprint density at radius 3 is 2.53 bits per heavy atom. The van der Waals surface area contributed by atoms with Crippen molar-refractivity contribution in [1.82, 2.24) is 19.8 Å². The summed E-state index contributed by atoms with van der Waals surface area (Å²) in [5.74, 6) is -0.771. The van der Waals surface area contributed by atoms with Crippen LogP contribution < -0.4 is 5.32 Å². The maximum absolute atomic E-state index is 13.8. The Morgan fingerprint density at radius 1 is 1.22 bits per heavy atom. The van der Waals surface area contributed by atoms with Gasteiger partial charge in [0, 0.05) is 23.2 Å². The van der Waals surface area contributed by atoms with Gasteiger partial charge in [0.05, 0.1) is 29.1 Å². The number of rotatable bonds is 5. The van der Waals surface area contributed by atoms with Crippen LogP contribution in [0.4, 0.5) is 17.6 Å². The first-order valence-corrected chi connectivity index (χ1v) is 11.1. The van der Waals surface area contributed by atoms with Gasteiger partial charge in [0.15, 0.2) is 0 Å². The SMILES string of the molecule is O=C(NC12CC(n3cnc(-c4ccc(Cl)c(F)c4)c3)(C1)C2)C1CCN(CC(F)(F)F)CC1. The number of alkyl halides is 3. The highest BCUT2D eigenvalue weighted by atomic mass is 35.5. The molecule has 172 valence electrons. The first kappa shape index (κ1) is 21.7. The molecule has 3 aliphatic carbocycles. The number of benzene rings is 1. The Hall–Kier alpha value is -2.13. The second-order valence-corrected chi connectivity index (χ2v) is 9.89. The van der Waals surface area contributed by atoms with E-state index < -0.39 is 18.5 Å². The molecule has 4 fully saturated rings. The number of likely N-dealkylation sites (tertiary alicyclic amines) is 1. The predicted molar refractivity (Wildman–Crippen MR) is 111 cm³/mol.